The maximum absolute atomic E-state index is 11.6. The molecule has 0 spiro atoms. The van der Waals surface area contributed by atoms with Gasteiger partial charge >= 0.3 is 12.0 Å². The van der Waals surface area contributed by atoms with E-state index in [9.17, 15) is 18.4 Å². The second-order valence-corrected chi connectivity index (χ2v) is 3.26. The molecule has 6 nitrogen and oxygen atoms in total. The molecule has 100 valence electrons. The number of carbonyl (C=O) groups is 2. The zero-order valence-electron chi connectivity index (χ0n) is 9.49. The molecule has 0 aliphatic carbocycles. The lowest BCUT2D eigenvalue weighted by molar-refractivity contribution is -0.137. The number of carboxylic acids is 1. The number of nitrogens with one attached hydrogen (secondary N) is 1. The van der Waals surface area contributed by atoms with Crippen LogP contribution in [0.4, 0.5) is 13.6 Å². The molecule has 0 atom stereocenters. The summed E-state index contributed by atoms with van der Waals surface area (Å²) in [5, 5.41) is 10.8. The lowest BCUT2D eigenvalue weighted by Crippen LogP contribution is -2.39. The Hall–Kier alpha value is -1.44. The van der Waals surface area contributed by atoms with Gasteiger partial charge in [0.25, 0.3) is 6.43 Å². The first-order valence-corrected chi connectivity index (χ1v) is 5.00. The Bertz CT molecular complexity index is 251. The van der Waals surface area contributed by atoms with Gasteiger partial charge in [-0.05, 0) is 0 Å². The third-order valence-electron chi connectivity index (χ3n) is 1.77. The first-order valence-electron chi connectivity index (χ1n) is 5.00. The number of aliphatic carboxylic acids is 1. The average Bonchev–Trinajstić information content (AvgIpc) is 2.24. The van der Waals surface area contributed by atoms with Crippen LogP contribution in [0.5, 0.6) is 0 Å². The normalized spacial score (nSPS) is 10.4. The van der Waals surface area contributed by atoms with Crippen LogP contribution in [0.3, 0.4) is 0 Å². The van der Waals surface area contributed by atoms with Crippen LogP contribution in [0, 0.1) is 0 Å². The van der Waals surface area contributed by atoms with Gasteiger partial charge in [-0.3, -0.25) is 4.79 Å². The standard InChI is InChI=1S/C9H16F2N2O4/c1-13(4-2-8(14)15)9(16)12-3-5-17-6-7(10)11/h7H,2-6H2,1H3,(H,12,16)(H,14,15). The molecule has 0 radical (unpaired) electrons. The molecule has 8 heteroatoms. The van der Waals surface area contributed by atoms with Crippen LogP contribution in [0.1, 0.15) is 6.42 Å². The molecule has 0 rings (SSSR count). The Balaban J connectivity index is 3.53. The van der Waals surface area contributed by atoms with Crippen LogP contribution < -0.4 is 5.32 Å². The highest BCUT2D eigenvalue weighted by molar-refractivity contribution is 5.74. The number of hydrogen-bond donors (Lipinski definition) is 2. The highest BCUT2D eigenvalue weighted by Crippen LogP contribution is 1.92. The summed E-state index contributed by atoms with van der Waals surface area (Å²) < 4.78 is 27.8. The van der Waals surface area contributed by atoms with Crippen molar-refractivity contribution < 1.29 is 28.2 Å². The maximum Gasteiger partial charge on any atom is 0.317 e. The Morgan fingerprint density at radius 3 is 2.65 bits per heavy atom. The number of nitrogens with zero attached hydrogens (tertiary/aromatic N) is 1. The Morgan fingerprint density at radius 1 is 1.47 bits per heavy atom. The molecule has 2 N–H and O–H groups in total. The van der Waals surface area contributed by atoms with Gasteiger partial charge in [-0.2, -0.15) is 0 Å². The predicted molar refractivity (Wildman–Crippen MR) is 55.1 cm³/mol. The van der Waals surface area contributed by atoms with Crippen LogP contribution in [-0.4, -0.2) is 61.8 Å². The number of hydrogen-bond acceptors (Lipinski definition) is 3. The molecule has 0 fully saturated rings. The molecule has 0 aromatic carbocycles. The molecule has 0 bridgehead atoms. The SMILES string of the molecule is CN(CCC(=O)O)C(=O)NCCOCC(F)F. The fourth-order valence-electron chi connectivity index (χ4n) is 0.902. The zero-order valence-corrected chi connectivity index (χ0v) is 9.49. The minimum atomic E-state index is -2.52. The summed E-state index contributed by atoms with van der Waals surface area (Å²) in [4.78, 5) is 22.7. The number of carboxylic acid groups (broad SMARTS) is 1. The third kappa shape index (κ3) is 9.49. The minimum Gasteiger partial charge on any atom is -0.481 e. The maximum atomic E-state index is 11.6. The molecule has 0 heterocycles. The molecular formula is C9H16F2N2O4. The van der Waals surface area contributed by atoms with Crippen molar-refractivity contribution in [3.63, 3.8) is 0 Å². The van der Waals surface area contributed by atoms with E-state index >= 15 is 0 Å². The second-order valence-electron chi connectivity index (χ2n) is 3.26. The van der Waals surface area contributed by atoms with Crippen LogP contribution in [-0.2, 0) is 9.53 Å². The van der Waals surface area contributed by atoms with Gasteiger partial charge in [0.2, 0.25) is 0 Å². The summed E-state index contributed by atoms with van der Waals surface area (Å²) in [6, 6.07) is -0.466. The molecular weight excluding hydrogens is 238 g/mol. The lowest BCUT2D eigenvalue weighted by atomic mass is 10.4. The van der Waals surface area contributed by atoms with Crippen molar-refractivity contribution in [2.24, 2.45) is 0 Å². The van der Waals surface area contributed by atoms with Crippen molar-refractivity contribution in [1.29, 1.82) is 0 Å². The number of amides is 2. The second kappa shape index (κ2) is 8.68. The Kier molecular flexibility index (Phi) is 7.95. The molecule has 0 aromatic rings. The molecule has 0 saturated carbocycles. The van der Waals surface area contributed by atoms with Crippen LogP contribution in [0.2, 0.25) is 0 Å². The quantitative estimate of drug-likeness (QED) is 0.614. The monoisotopic (exact) mass is 254 g/mol. The van der Waals surface area contributed by atoms with E-state index in [1.165, 1.54) is 11.9 Å². The van der Waals surface area contributed by atoms with E-state index in [4.69, 9.17) is 5.11 Å². The van der Waals surface area contributed by atoms with Gasteiger partial charge in [0.05, 0.1) is 13.0 Å². The number of ether oxygens (including phenoxy) is 1. The molecule has 0 aromatic heterocycles. The summed E-state index contributed by atoms with van der Waals surface area (Å²) in [6.07, 6.45) is -2.67. The highest BCUT2D eigenvalue weighted by Gasteiger charge is 2.09. The molecule has 2 amide bonds. The number of rotatable bonds is 8. The zero-order chi connectivity index (χ0) is 13.3. The Labute approximate surface area is 97.5 Å². The summed E-state index contributed by atoms with van der Waals surface area (Å²) in [5.74, 6) is -0.995. The van der Waals surface area contributed by atoms with E-state index < -0.39 is 25.0 Å². The van der Waals surface area contributed by atoms with Crippen molar-refractivity contribution in [3.05, 3.63) is 0 Å². The number of alkyl halides is 2. The van der Waals surface area contributed by atoms with E-state index in [0.29, 0.717) is 0 Å². The number of carbonyl (C=O) groups excluding carboxylic acids is 1. The fourth-order valence-corrected chi connectivity index (χ4v) is 0.902. The van der Waals surface area contributed by atoms with Crippen molar-refractivity contribution in [2.45, 2.75) is 12.8 Å². The van der Waals surface area contributed by atoms with Gasteiger partial charge < -0.3 is 20.1 Å². The van der Waals surface area contributed by atoms with Gasteiger partial charge in [0.1, 0.15) is 6.61 Å². The first kappa shape index (κ1) is 15.6. The smallest absolute Gasteiger partial charge is 0.317 e. The summed E-state index contributed by atoms with van der Waals surface area (Å²) >= 11 is 0. The highest BCUT2D eigenvalue weighted by atomic mass is 19.3. The van der Waals surface area contributed by atoms with E-state index in [1.807, 2.05) is 0 Å². The van der Waals surface area contributed by atoms with E-state index in [-0.39, 0.29) is 26.1 Å². The topological polar surface area (TPSA) is 78.9 Å². The summed E-state index contributed by atoms with van der Waals surface area (Å²) in [5.41, 5.74) is 0. The van der Waals surface area contributed by atoms with Crippen LogP contribution in [0.25, 0.3) is 0 Å². The van der Waals surface area contributed by atoms with Crippen molar-refractivity contribution in [3.8, 4) is 0 Å². The van der Waals surface area contributed by atoms with Gasteiger partial charge in [0, 0.05) is 20.1 Å². The van der Waals surface area contributed by atoms with Gasteiger partial charge in [-0.15, -0.1) is 0 Å². The predicted octanol–water partition coefficient (Wildman–Crippen LogP) is 0.384. The van der Waals surface area contributed by atoms with Crippen molar-refractivity contribution in [2.75, 3.05) is 33.4 Å². The molecule has 0 saturated heterocycles. The van der Waals surface area contributed by atoms with Crippen molar-refractivity contribution >= 4 is 12.0 Å². The minimum absolute atomic E-state index is 0.0111. The molecule has 0 aliphatic heterocycles. The number of halogens is 2. The summed E-state index contributed by atoms with van der Waals surface area (Å²) in [6.45, 7) is -0.490. The Morgan fingerprint density at radius 2 is 2.12 bits per heavy atom. The van der Waals surface area contributed by atoms with Gasteiger partial charge in [-0.1, -0.05) is 0 Å². The molecule has 0 unspecified atom stereocenters. The first-order chi connectivity index (χ1) is 7.93. The van der Waals surface area contributed by atoms with Crippen LogP contribution >= 0.6 is 0 Å². The van der Waals surface area contributed by atoms with Crippen LogP contribution in [0.15, 0.2) is 0 Å². The van der Waals surface area contributed by atoms with E-state index in [2.05, 4.69) is 10.1 Å². The third-order valence-corrected chi connectivity index (χ3v) is 1.77. The fraction of sp³-hybridized carbons (Fsp3) is 0.778. The lowest BCUT2D eigenvalue weighted by Gasteiger charge is -2.16. The largest absolute Gasteiger partial charge is 0.481 e. The van der Waals surface area contributed by atoms with Crippen molar-refractivity contribution in [1.82, 2.24) is 10.2 Å². The van der Waals surface area contributed by atoms with Gasteiger partial charge in [0.15, 0.2) is 0 Å². The van der Waals surface area contributed by atoms with E-state index in [0.717, 1.165) is 0 Å². The van der Waals surface area contributed by atoms with E-state index in [1.54, 1.807) is 0 Å². The van der Waals surface area contributed by atoms with Gasteiger partial charge in [-0.25, -0.2) is 13.6 Å². The summed E-state index contributed by atoms with van der Waals surface area (Å²) in [7, 11) is 1.44. The average molecular weight is 254 g/mol. The molecule has 17 heavy (non-hydrogen) atoms. The molecule has 0 aliphatic rings. The number of urea groups is 1.